The first kappa shape index (κ1) is 22.8. The van der Waals surface area contributed by atoms with Crippen LogP contribution in [-0.4, -0.2) is 47.4 Å². The molecule has 3 aromatic rings. The van der Waals surface area contributed by atoms with Gasteiger partial charge < -0.3 is 0 Å². The smallest absolute Gasteiger partial charge is 0.247 e. The number of sulfonamides is 1. The summed E-state index contributed by atoms with van der Waals surface area (Å²) in [6.45, 7) is 4.85. The van der Waals surface area contributed by atoms with E-state index in [0.29, 0.717) is 24.0 Å². The molecule has 0 spiro atoms. The summed E-state index contributed by atoms with van der Waals surface area (Å²) in [5.74, 6) is 0.0543. The molecule has 1 aliphatic rings. The topological polar surface area (TPSA) is 83.5 Å². The number of aromatic nitrogens is 2. The molecule has 1 amide bonds. The van der Waals surface area contributed by atoms with E-state index < -0.39 is 16.1 Å². The van der Waals surface area contributed by atoms with Gasteiger partial charge in [-0.1, -0.05) is 49.8 Å². The van der Waals surface area contributed by atoms with Crippen LogP contribution in [0.15, 0.2) is 42.6 Å². The third-order valence-corrected chi connectivity index (χ3v) is 8.10. The van der Waals surface area contributed by atoms with Crippen LogP contribution in [0.3, 0.4) is 0 Å². The van der Waals surface area contributed by atoms with Gasteiger partial charge in [-0.05, 0) is 42.5 Å². The largest absolute Gasteiger partial charge is 0.281 e. The summed E-state index contributed by atoms with van der Waals surface area (Å²) in [7, 11) is -3.50. The number of anilines is 1. The SMILES string of the molecule is CC(C)c1cccc2sc(N(Cc3ccccn3)C(=O)C3CCCCN3S(C)(=O)=O)nc12. The number of carbonyl (C=O) groups excluding carboxylic acids is 1. The van der Waals surface area contributed by atoms with Crippen molar-refractivity contribution in [2.24, 2.45) is 0 Å². The van der Waals surface area contributed by atoms with Gasteiger partial charge in [-0.25, -0.2) is 13.4 Å². The van der Waals surface area contributed by atoms with Crippen molar-refractivity contribution in [3.05, 3.63) is 53.9 Å². The second kappa shape index (κ2) is 9.25. The van der Waals surface area contributed by atoms with E-state index in [0.717, 1.165) is 34.3 Å². The van der Waals surface area contributed by atoms with Crippen molar-refractivity contribution < 1.29 is 13.2 Å². The van der Waals surface area contributed by atoms with Gasteiger partial charge in [-0.2, -0.15) is 4.31 Å². The Hall–Kier alpha value is -2.36. The van der Waals surface area contributed by atoms with Gasteiger partial charge in [0.25, 0.3) is 0 Å². The first-order valence-corrected chi connectivity index (χ1v) is 13.5. The minimum atomic E-state index is -3.50. The van der Waals surface area contributed by atoms with Gasteiger partial charge in [-0.15, -0.1) is 0 Å². The molecule has 0 radical (unpaired) electrons. The summed E-state index contributed by atoms with van der Waals surface area (Å²) in [5.41, 5.74) is 2.75. The van der Waals surface area contributed by atoms with Crippen molar-refractivity contribution in [2.75, 3.05) is 17.7 Å². The number of thiazole rings is 1. The molecule has 0 bridgehead atoms. The van der Waals surface area contributed by atoms with E-state index in [1.165, 1.54) is 21.9 Å². The number of nitrogens with zero attached hydrogens (tertiary/aromatic N) is 4. The Labute approximate surface area is 193 Å². The first-order chi connectivity index (χ1) is 15.3. The van der Waals surface area contributed by atoms with Crippen molar-refractivity contribution in [3.63, 3.8) is 0 Å². The van der Waals surface area contributed by atoms with E-state index in [9.17, 15) is 13.2 Å². The lowest BCUT2D eigenvalue weighted by Crippen LogP contribution is -2.52. The highest BCUT2D eigenvalue weighted by Gasteiger charge is 2.38. The number of hydrogen-bond acceptors (Lipinski definition) is 6. The summed E-state index contributed by atoms with van der Waals surface area (Å²) in [6.07, 6.45) is 4.95. The fraction of sp³-hybridized carbons (Fsp3) is 0.435. The summed E-state index contributed by atoms with van der Waals surface area (Å²) in [5, 5.41) is 0.572. The van der Waals surface area contributed by atoms with Crippen LogP contribution in [0.1, 0.15) is 50.3 Å². The van der Waals surface area contributed by atoms with Crippen molar-refractivity contribution in [2.45, 2.75) is 51.6 Å². The fourth-order valence-electron chi connectivity index (χ4n) is 4.16. The van der Waals surface area contributed by atoms with Crippen molar-refractivity contribution in [1.29, 1.82) is 0 Å². The predicted octanol–water partition coefficient (Wildman–Crippen LogP) is 4.16. The third-order valence-electron chi connectivity index (χ3n) is 5.77. The summed E-state index contributed by atoms with van der Waals surface area (Å²) < 4.78 is 27.2. The molecule has 1 fully saturated rings. The Morgan fingerprint density at radius 1 is 1.22 bits per heavy atom. The third kappa shape index (κ3) is 4.69. The molecule has 1 saturated heterocycles. The Morgan fingerprint density at radius 2 is 2.03 bits per heavy atom. The molecule has 3 heterocycles. The molecule has 32 heavy (non-hydrogen) atoms. The van der Waals surface area contributed by atoms with Crippen LogP contribution in [0.4, 0.5) is 5.13 Å². The van der Waals surface area contributed by atoms with E-state index >= 15 is 0 Å². The van der Waals surface area contributed by atoms with Gasteiger partial charge in [0.05, 0.1) is 28.7 Å². The second-order valence-electron chi connectivity index (χ2n) is 8.48. The number of pyridine rings is 1. The molecule has 1 atom stereocenters. The number of para-hydroxylation sites is 1. The number of carbonyl (C=O) groups is 1. The van der Waals surface area contributed by atoms with Gasteiger partial charge >= 0.3 is 0 Å². The van der Waals surface area contributed by atoms with E-state index in [1.807, 2.05) is 30.3 Å². The molecule has 1 unspecified atom stereocenters. The van der Waals surface area contributed by atoms with Gasteiger partial charge in [-0.3, -0.25) is 14.7 Å². The van der Waals surface area contributed by atoms with E-state index in [1.54, 1.807) is 11.1 Å². The number of fused-ring (bicyclic) bond motifs is 1. The highest BCUT2D eigenvalue weighted by Crippen LogP contribution is 2.35. The summed E-state index contributed by atoms with van der Waals surface area (Å²) in [6, 6.07) is 10.9. The fourth-order valence-corrected chi connectivity index (χ4v) is 6.29. The maximum atomic E-state index is 13.8. The van der Waals surface area contributed by atoms with Crippen LogP contribution in [0, 0.1) is 0 Å². The van der Waals surface area contributed by atoms with E-state index in [-0.39, 0.29) is 12.5 Å². The van der Waals surface area contributed by atoms with Gasteiger partial charge in [0, 0.05) is 12.7 Å². The van der Waals surface area contributed by atoms with Crippen LogP contribution in [0.2, 0.25) is 0 Å². The van der Waals surface area contributed by atoms with E-state index in [2.05, 4.69) is 24.9 Å². The minimum Gasteiger partial charge on any atom is -0.281 e. The standard InChI is InChI=1S/C23H28N4O3S2/c1-16(2)18-10-8-12-20-21(18)25-23(31-20)26(15-17-9-4-6-13-24-17)22(28)19-11-5-7-14-27(19)32(3,29)30/h4,6,8-10,12-13,16,19H,5,7,11,14-15H2,1-3H3. The summed E-state index contributed by atoms with van der Waals surface area (Å²) in [4.78, 5) is 24.7. The van der Waals surface area contributed by atoms with Crippen LogP contribution in [0.5, 0.6) is 0 Å². The predicted molar refractivity (Wildman–Crippen MR) is 128 cm³/mol. The quantitative estimate of drug-likeness (QED) is 0.538. The zero-order valence-corrected chi connectivity index (χ0v) is 20.2. The maximum Gasteiger partial charge on any atom is 0.247 e. The molecule has 2 aromatic heterocycles. The monoisotopic (exact) mass is 472 g/mol. The van der Waals surface area contributed by atoms with Gasteiger partial charge in [0.15, 0.2) is 5.13 Å². The Kier molecular flexibility index (Phi) is 6.60. The van der Waals surface area contributed by atoms with Gasteiger partial charge in [0.1, 0.15) is 6.04 Å². The lowest BCUT2D eigenvalue weighted by Gasteiger charge is -2.35. The molecular formula is C23H28N4O3S2. The average molecular weight is 473 g/mol. The lowest BCUT2D eigenvalue weighted by molar-refractivity contribution is -0.123. The van der Waals surface area contributed by atoms with Crippen molar-refractivity contribution in [3.8, 4) is 0 Å². The molecule has 0 saturated carbocycles. The summed E-state index contributed by atoms with van der Waals surface area (Å²) >= 11 is 1.46. The normalized spacial score (nSPS) is 17.7. The number of rotatable bonds is 6. The molecule has 0 N–H and O–H groups in total. The van der Waals surface area contributed by atoms with Crippen LogP contribution >= 0.6 is 11.3 Å². The van der Waals surface area contributed by atoms with Crippen molar-refractivity contribution in [1.82, 2.24) is 14.3 Å². The average Bonchev–Trinajstić information content (AvgIpc) is 3.21. The Bertz CT molecular complexity index is 1210. The molecule has 170 valence electrons. The molecule has 7 nitrogen and oxygen atoms in total. The van der Waals surface area contributed by atoms with Crippen LogP contribution in [-0.2, 0) is 21.4 Å². The number of amides is 1. The van der Waals surface area contributed by atoms with Crippen LogP contribution in [0.25, 0.3) is 10.2 Å². The Morgan fingerprint density at radius 3 is 2.72 bits per heavy atom. The zero-order chi connectivity index (χ0) is 22.9. The molecule has 1 aromatic carbocycles. The van der Waals surface area contributed by atoms with Crippen molar-refractivity contribution >= 4 is 42.6 Å². The lowest BCUT2D eigenvalue weighted by atomic mass is 10.0. The molecular weight excluding hydrogens is 444 g/mol. The number of benzene rings is 1. The van der Waals surface area contributed by atoms with E-state index in [4.69, 9.17) is 4.98 Å². The maximum absolute atomic E-state index is 13.8. The first-order valence-electron chi connectivity index (χ1n) is 10.8. The number of hydrogen-bond donors (Lipinski definition) is 0. The van der Waals surface area contributed by atoms with Crippen LogP contribution < -0.4 is 4.90 Å². The molecule has 0 aliphatic carbocycles. The van der Waals surface area contributed by atoms with Gasteiger partial charge in [0.2, 0.25) is 15.9 Å². The highest BCUT2D eigenvalue weighted by atomic mass is 32.2. The minimum absolute atomic E-state index is 0.241. The molecule has 4 rings (SSSR count). The highest BCUT2D eigenvalue weighted by molar-refractivity contribution is 7.88. The molecule has 1 aliphatic heterocycles. The second-order valence-corrected chi connectivity index (χ2v) is 11.4. The number of piperidine rings is 1. The molecule has 9 heteroatoms. The zero-order valence-electron chi connectivity index (χ0n) is 18.6. The Balaban J connectivity index is 1.78.